The first-order valence-electron chi connectivity index (χ1n) is 7.05. The fourth-order valence-corrected chi connectivity index (χ4v) is 1.71. The fourth-order valence-electron chi connectivity index (χ4n) is 1.71. The summed E-state index contributed by atoms with van der Waals surface area (Å²) in [5, 5.41) is 6.00. The highest BCUT2D eigenvalue weighted by Gasteiger charge is 2.09. The fraction of sp³-hybridized carbons (Fsp3) is 0.312. The Hall–Kier alpha value is -2.43. The minimum absolute atomic E-state index is 0.263. The SMILES string of the molecule is CCC(C)Nc1cnc(C(=O)Nc2ccc(C)cc2)cn1. The molecule has 0 fully saturated rings. The highest BCUT2D eigenvalue weighted by atomic mass is 16.1. The zero-order valence-electron chi connectivity index (χ0n) is 12.6. The molecular weight excluding hydrogens is 264 g/mol. The Morgan fingerprint density at radius 2 is 1.90 bits per heavy atom. The van der Waals surface area contributed by atoms with E-state index in [-0.39, 0.29) is 5.91 Å². The van der Waals surface area contributed by atoms with Gasteiger partial charge in [-0.1, -0.05) is 24.6 Å². The van der Waals surface area contributed by atoms with E-state index < -0.39 is 0 Å². The molecule has 0 saturated carbocycles. The standard InChI is InChI=1S/C16H20N4O/c1-4-12(3)19-15-10-17-14(9-18-15)16(21)20-13-7-5-11(2)6-8-13/h5-10,12H,4H2,1-3H3,(H,18,19)(H,20,21). The van der Waals surface area contributed by atoms with Gasteiger partial charge >= 0.3 is 0 Å². The van der Waals surface area contributed by atoms with Gasteiger partial charge in [0.15, 0.2) is 0 Å². The highest BCUT2D eigenvalue weighted by Crippen LogP contribution is 2.10. The number of carbonyl (C=O) groups excluding carboxylic acids is 1. The first kappa shape index (κ1) is 15.0. The molecule has 2 rings (SSSR count). The van der Waals surface area contributed by atoms with Crippen molar-refractivity contribution in [3.8, 4) is 0 Å². The van der Waals surface area contributed by atoms with Gasteiger partial charge in [0, 0.05) is 11.7 Å². The maximum atomic E-state index is 12.1. The van der Waals surface area contributed by atoms with Crippen LogP contribution >= 0.6 is 0 Å². The Morgan fingerprint density at radius 3 is 2.48 bits per heavy atom. The molecular formula is C16H20N4O. The third-order valence-corrected chi connectivity index (χ3v) is 3.20. The molecule has 2 N–H and O–H groups in total. The Morgan fingerprint density at radius 1 is 1.19 bits per heavy atom. The van der Waals surface area contributed by atoms with Gasteiger partial charge in [-0.15, -0.1) is 0 Å². The molecule has 0 aliphatic carbocycles. The molecule has 0 bridgehead atoms. The summed E-state index contributed by atoms with van der Waals surface area (Å²) in [5.41, 5.74) is 2.19. The van der Waals surface area contributed by atoms with Crippen molar-refractivity contribution in [2.75, 3.05) is 10.6 Å². The van der Waals surface area contributed by atoms with Crippen LogP contribution in [0.1, 0.15) is 36.3 Å². The summed E-state index contributed by atoms with van der Waals surface area (Å²) in [7, 11) is 0. The molecule has 2 aromatic rings. The van der Waals surface area contributed by atoms with E-state index in [1.165, 1.54) is 6.20 Å². The van der Waals surface area contributed by atoms with Gasteiger partial charge in [-0.2, -0.15) is 0 Å². The highest BCUT2D eigenvalue weighted by molar-refractivity contribution is 6.02. The number of amides is 1. The molecule has 0 aliphatic heterocycles. The molecule has 0 spiro atoms. The van der Waals surface area contributed by atoms with Crippen molar-refractivity contribution in [1.82, 2.24) is 9.97 Å². The molecule has 1 heterocycles. The maximum Gasteiger partial charge on any atom is 0.275 e. The number of carbonyl (C=O) groups is 1. The lowest BCUT2D eigenvalue weighted by atomic mass is 10.2. The number of hydrogen-bond acceptors (Lipinski definition) is 4. The van der Waals surface area contributed by atoms with Crippen LogP contribution in [0.15, 0.2) is 36.7 Å². The second-order valence-electron chi connectivity index (χ2n) is 5.06. The quantitative estimate of drug-likeness (QED) is 0.884. The zero-order valence-corrected chi connectivity index (χ0v) is 12.6. The van der Waals surface area contributed by atoms with E-state index in [0.717, 1.165) is 17.7 Å². The first-order valence-corrected chi connectivity index (χ1v) is 7.05. The van der Waals surface area contributed by atoms with E-state index in [4.69, 9.17) is 0 Å². The smallest absolute Gasteiger partial charge is 0.275 e. The number of anilines is 2. The van der Waals surface area contributed by atoms with E-state index in [2.05, 4.69) is 34.4 Å². The largest absolute Gasteiger partial charge is 0.366 e. The van der Waals surface area contributed by atoms with E-state index in [1.807, 2.05) is 31.2 Å². The average Bonchev–Trinajstić information content (AvgIpc) is 2.50. The van der Waals surface area contributed by atoms with Gasteiger partial charge in [0.2, 0.25) is 0 Å². The molecule has 0 aliphatic rings. The van der Waals surface area contributed by atoms with Crippen molar-refractivity contribution in [1.29, 1.82) is 0 Å². The van der Waals surface area contributed by atoms with E-state index >= 15 is 0 Å². The molecule has 21 heavy (non-hydrogen) atoms. The Bertz CT molecular complexity index is 593. The van der Waals surface area contributed by atoms with Gasteiger partial charge in [-0.05, 0) is 32.4 Å². The van der Waals surface area contributed by atoms with Crippen LogP contribution in [0.5, 0.6) is 0 Å². The normalized spacial score (nSPS) is 11.8. The third kappa shape index (κ3) is 4.27. The Kier molecular flexibility index (Phi) is 4.87. The lowest BCUT2D eigenvalue weighted by Gasteiger charge is -2.11. The van der Waals surface area contributed by atoms with Gasteiger partial charge in [-0.3, -0.25) is 4.79 Å². The van der Waals surface area contributed by atoms with Crippen molar-refractivity contribution in [3.05, 3.63) is 47.9 Å². The Labute approximate surface area is 124 Å². The van der Waals surface area contributed by atoms with Gasteiger partial charge in [-0.25, -0.2) is 9.97 Å². The molecule has 1 aromatic heterocycles. The molecule has 0 saturated heterocycles. The van der Waals surface area contributed by atoms with Crippen molar-refractivity contribution in [3.63, 3.8) is 0 Å². The maximum absolute atomic E-state index is 12.1. The second-order valence-corrected chi connectivity index (χ2v) is 5.06. The molecule has 0 radical (unpaired) electrons. The topological polar surface area (TPSA) is 66.9 Å². The monoisotopic (exact) mass is 284 g/mol. The van der Waals surface area contributed by atoms with Crippen molar-refractivity contribution < 1.29 is 4.79 Å². The number of benzene rings is 1. The van der Waals surface area contributed by atoms with Gasteiger partial charge in [0.05, 0.1) is 12.4 Å². The first-order chi connectivity index (χ1) is 10.1. The van der Waals surface area contributed by atoms with Crippen molar-refractivity contribution in [2.45, 2.75) is 33.2 Å². The molecule has 110 valence electrons. The Balaban J connectivity index is 2.01. The number of nitrogens with zero attached hydrogens (tertiary/aromatic N) is 2. The van der Waals surface area contributed by atoms with Crippen LogP contribution in [0, 0.1) is 6.92 Å². The summed E-state index contributed by atoms with van der Waals surface area (Å²) < 4.78 is 0. The van der Waals surface area contributed by atoms with Crippen LogP contribution in [0.2, 0.25) is 0 Å². The number of hydrogen-bond donors (Lipinski definition) is 2. The number of nitrogens with one attached hydrogen (secondary N) is 2. The van der Waals surface area contributed by atoms with Crippen molar-refractivity contribution >= 4 is 17.4 Å². The number of rotatable bonds is 5. The third-order valence-electron chi connectivity index (χ3n) is 3.20. The summed E-state index contributed by atoms with van der Waals surface area (Å²) in [6.45, 7) is 6.16. The lowest BCUT2D eigenvalue weighted by molar-refractivity contribution is 0.102. The number of aromatic nitrogens is 2. The van der Waals surface area contributed by atoms with Crippen LogP contribution < -0.4 is 10.6 Å². The zero-order chi connectivity index (χ0) is 15.2. The van der Waals surface area contributed by atoms with E-state index in [0.29, 0.717) is 17.6 Å². The van der Waals surface area contributed by atoms with Crippen molar-refractivity contribution in [2.24, 2.45) is 0 Å². The number of aryl methyl sites for hydroxylation is 1. The summed E-state index contributed by atoms with van der Waals surface area (Å²) in [6.07, 6.45) is 4.06. The molecule has 1 amide bonds. The van der Waals surface area contributed by atoms with Gasteiger partial charge in [0.25, 0.3) is 5.91 Å². The molecule has 1 atom stereocenters. The molecule has 1 aromatic carbocycles. The van der Waals surface area contributed by atoms with E-state index in [9.17, 15) is 4.79 Å². The summed E-state index contributed by atoms with van der Waals surface area (Å²) >= 11 is 0. The van der Waals surface area contributed by atoms with Crippen LogP contribution in [0.4, 0.5) is 11.5 Å². The minimum Gasteiger partial charge on any atom is -0.366 e. The molecule has 5 heteroatoms. The van der Waals surface area contributed by atoms with Crippen LogP contribution in [-0.2, 0) is 0 Å². The van der Waals surface area contributed by atoms with Gasteiger partial charge in [0.1, 0.15) is 11.5 Å². The summed E-state index contributed by atoms with van der Waals surface area (Å²) in [4.78, 5) is 20.4. The van der Waals surface area contributed by atoms with E-state index in [1.54, 1.807) is 6.20 Å². The lowest BCUT2D eigenvalue weighted by Crippen LogP contribution is -2.17. The van der Waals surface area contributed by atoms with Crippen LogP contribution in [-0.4, -0.2) is 21.9 Å². The summed E-state index contributed by atoms with van der Waals surface area (Å²) in [6, 6.07) is 7.94. The predicted molar refractivity (Wildman–Crippen MR) is 84.5 cm³/mol. The average molecular weight is 284 g/mol. The molecule has 5 nitrogen and oxygen atoms in total. The van der Waals surface area contributed by atoms with Crippen LogP contribution in [0.25, 0.3) is 0 Å². The van der Waals surface area contributed by atoms with Crippen LogP contribution in [0.3, 0.4) is 0 Å². The second kappa shape index (κ2) is 6.83. The van der Waals surface area contributed by atoms with Gasteiger partial charge < -0.3 is 10.6 Å². The summed E-state index contributed by atoms with van der Waals surface area (Å²) in [5.74, 6) is 0.415. The predicted octanol–water partition coefficient (Wildman–Crippen LogP) is 3.25. The molecule has 1 unspecified atom stereocenters. The minimum atomic E-state index is -0.263.